The molecule has 0 radical (unpaired) electrons. The zero-order valence-electron chi connectivity index (χ0n) is 8.23. The van der Waals surface area contributed by atoms with E-state index in [2.05, 4.69) is 4.98 Å². The van der Waals surface area contributed by atoms with Gasteiger partial charge in [0.15, 0.2) is 0 Å². The Labute approximate surface area is 96.1 Å². The highest BCUT2D eigenvalue weighted by atomic mass is 35.5. The second-order valence-corrected chi connectivity index (χ2v) is 3.67. The van der Waals surface area contributed by atoms with Gasteiger partial charge in [-0.25, -0.2) is 9.37 Å². The molecule has 1 aromatic carbocycles. The Morgan fingerprint density at radius 3 is 2.94 bits per heavy atom. The molecule has 0 fully saturated rings. The standard InChI is InChI=1S/C11H8ClFN2O/c12-9-3-1-2-8(11(9)13)6-15-7-14-5-4-10(15)16/h1-5,7H,6H2. The summed E-state index contributed by atoms with van der Waals surface area (Å²) < 4.78 is 14.9. The van der Waals surface area contributed by atoms with Crippen molar-refractivity contribution in [3.63, 3.8) is 0 Å². The molecule has 0 bridgehead atoms. The predicted molar refractivity (Wildman–Crippen MR) is 59.0 cm³/mol. The van der Waals surface area contributed by atoms with Gasteiger partial charge in [-0.3, -0.25) is 9.36 Å². The number of hydrogen-bond acceptors (Lipinski definition) is 2. The minimum absolute atomic E-state index is 0.0504. The van der Waals surface area contributed by atoms with Crippen molar-refractivity contribution in [3.05, 3.63) is 63.5 Å². The highest BCUT2D eigenvalue weighted by Gasteiger charge is 2.07. The van der Waals surface area contributed by atoms with E-state index in [1.807, 2.05) is 0 Å². The fourth-order valence-electron chi connectivity index (χ4n) is 1.35. The first-order valence-corrected chi connectivity index (χ1v) is 4.99. The summed E-state index contributed by atoms with van der Waals surface area (Å²) in [7, 11) is 0. The molecule has 0 spiro atoms. The number of benzene rings is 1. The van der Waals surface area contributed by atoms with Gasteiger partial charge in [-0.2, -0.15) is 0 Å². The van der Waals surface area contributed by atoms with E-state index in [1.165, 1.54) is 29.2 Å². The van der Waals surface area contributed by atoms with Crippen LogP contribution in [0.2, 0.25) is 5.02 Å². The Kier molecular flexibility index (Phi) is 3.01. The van der Waals surface area contributed by atoms with Crippen LogP contribution in [-0.2, 0) is 6.54 Å². The summed E-state index contributed by atoms with van der Waals surface area (Å²) >= 11 is 5.64. The van der Waals surface area contributed by atoms with Gasteiger partial charge in [0.1, 0.15) is 5.82 Å². The molecule has 0 atom stereocenters. The van der Waals surface area contributed by atoms with E-state index in [9.17, 15) is 9.18 Å². The van der Waals surface area contributed by atoms with Gasteiger partial charge in [-0.15, -0.1) is 0 Å². The van der Waals surface area contributed by atoms with Crippen molar-refractivity contribution in [2.75, 3.05) is 0 Å². The summed E-state index contributed by atoms with van der Waals surface area (Å²) in [6, 6.07) is 6.01. The smallest absolute Gasteiger partial charge is 0.253 e. The third-order valence-electron chi connectivity index (χ3n) is 2.16. The largest absolute Gasteiger partial charge is 0.295 e. The van der Waals surface area contributed by atoms with Crippen molar-refractivity contribution in [2.45, 2.75) is 6.54 Å². The maximum atomic E-state index is 13.6. The third kappa shape index (κ3) is 2.12. The van der Waals surface area contributed by atoms with Crippen LogP contribution < -0.4 is 5.56 Å². The Hall–Kier alpha value is -1.68. The van der Waals surface area contributed by atoms with E-state index in [-0.39, 0.29) is 17.1 Å². The van der Waals surface area contributed by atoms with Crippen molar-refractivity contribution in [2.24, 2.45) is 0 Å². The summed E-state index contributed by atoms with van der Waals surface area (Å²) in [6.45, 7) is 0.124. The van der Waals surface area contributed by atoms with Gasteiger partial charge in [0.05, 0.1) is 17.9 Å². The van der Waals surface area contributed by atoms with Crippen LogP contribution in [0, 0.1) is 5.82 Å². The maximum absolute atomic E-state index is 13.6. The number of nitrogens with zero attached hydrogens (tertiary/aromatic N) is 2. The van der Waals surface area contributed by atoms with Gasteiger partial charge in [-0.1, -0.05) is 23.7 Å². The first-order valence-electron chi connectivity index (χ1n) is 4.62. The van der Waals surface area contributed by atoms with Crippen molar-refractivity contribution < 1.29 is 4.39 Å². The summed E-state index contributed by atoms with van der Waals surface area (Å²) in [5.41, 5.74) is 0.136. The molecule has 0 unspecified atom stereocenters. The van der Waals surface area contributed by atoms with E-state index < -0.39 is 5.82 Å². The summed E-state index contributed by atoms with van der Waals surface area (Å²) in [6.07, 6.45) is 2.76. The lowest BCUT2D eigenvalue weighted by atomic mass is 10.2. The Balaban J connectivity index is 2.38. The fraction of sp³-hybridized carbons (Fsp3) is 0.0909. The monoisotopic (exact) mass is 238 g/mol. The molecule has 0 N–H and O–H groups in total. The van der Waals surface area contributed by atoms with E-state index in [4.69, 9.17) is 11.6 Å². The van der Waals surface area contributed by atoms with E-state index >= 15 is 0 Å². The lowest BCUT2D eigenvalue weighted by molar-refractivity contribution is 0.594. The van der Waals surface area contributed by atoms with Gasteiger partial charge >= 0.3 is 0 Å². The minimum atomic E-state index is -0.500. The molecule has 0 saturated carbocycles. The van der Waals surface area contributed by atoms with E-state index in [0.29, 0.717) is 5.56 Å². The van der Waals surface area contributed by atoms with Crippen LogP contribution >= 0.6 is 11.6 Å². The van der Waals surface area contributed by atoms with Crippen molar-refractivity contribution in [1.82, 2.24) is 9.55 Å². The first-order chi connectivity index (χ1) is 7.68. The predicted octanol–water partition coefficient (Wildman–Crippen LogP) is 2.08. The topological polar surface area (TPSA) is 34.9 Å². The highest BCUT2D eigenvalue weighted by Crippen LogP contribution is 2.18. The molecule has 2 aromatic rings. The second-order valence-electron chi connectivity index (χ2n) is 3.26. The molecular weight excluding hydrogens is 231 g/mol. The number of hydrogen-bond donors (Lipinski definition) is 0. The van der Waals surface area contributed by atoms with E-state index in [1.54, 1.807) is 12.1 Å². The molecular formula is C11H8ClFN2O. The summed E-state index contributed by atoms with van der Waals surface area (Å²) in [5.74, 6) is -0.500. The minimum Gasteiger partial charge on any atom is -0.295 e. The average Bonchev–Trinajstić information content (AvgIpc) is 2.28. The Morgan fingerprint density at radius 2 is 2.19 bits per heavy atom. The SMILES string of the molecule is O=c1ccncn1Cc1cccc(Cl)c1F. The number of halogens is 2. The van der Waals surface area contributed by atoms with Crippen LogP contribution in [0.3, 0.4) is 0 Å². The summed E-state index contributed by atoms with van der Waals surface area (Å²) in [5, 5.41) is 0.0504. The van der Waals surface area contributed by atoms with Crippen molar-refractivity contribution in [3.8, 4) is 0 Å². The van der Waals surface area contributed by atoms with Crippen LogP contribution in [0.25, 0.3) is 0 Å². The lowest BCUT2D eigenvalue weighted by Crippen LogP contribution is -2.19. The molecule has 2 rings (SSSR count). The van der Waals surface area contributed by atoms with Gasteiger partial charge in [-0.05, 0) is 6.07 Å². The summed E-state index contributed by atoms with van der Waals surface area (Å²) in [4.78, 5) is 15.2. The molecule has 0 aliphatic heterocycles. The molecule has 82 valence electrons. The molecule has 1 aromatic heterocycles. The fourth-order valence-corrected chi connectivity index (χ4v) is 1.55. The normalized spacial score (nSPS) is 10.4. The molecule has 0 amide bonds. The van der Waals surface area contributed by atoms with Crippen molar-refractivity contribution in [1.29, 1.82) is 0 Å². The van der Waals surface area contributed by atoms with Crippen LogP contribution in [0.1, 0.15) is 5.56 Å². The number of rotatable bonds is 2. The molecule has 3 nitrogen and oxygen atoms in total. The second kappa shape index (κ2) is 4.45. The van der Waals surface area contributed by atoms with Crippen LogP contribution in [0.15, 0.2) is 41.6 Å². The third-order valence-corrected chi connectivity index (χ3v) is 2.46. The van der Waals surface area contributed by atoms with Crippen LogP contribution in [-0.4, -0.2) is 9.55 Å². The first kappa shape index (κ1) is 10.8. The highest BCUT2D eigenvalue weighted by molar-refractivity contribution is 6.30. The quantitative estimate of drug-likeness (QED) is 0.803. The van der Waals surface area contributed by atoms with Gasteiger partial charge < -0.3 is 0 Å². The molecule has 1 heterocycles. The molecule has 16 heavy (non-hydrogen) atoms. The zero-order valence-corrected chi connectivity index (χ0v) is 8.99. The molecule has 5 heteroatoms. The molecule has 0 aliphatic carbocycles. The number of aromatic nitrogens is 2. The van der Waals surface area contributed by atoms with Crippen LogP contribution in [0.4, 0.5) is 4.39 Å². The Bertz CT molecular complexity index is 568. The van der Waals surface area contributed by atoms with Gasteiger partial charge in [0.2, 0.25) is 0 Å². The van der Waals surface area contributed by atoms with Gasteiger partial charge in [0, 0.05) is 17.8 Å². The molecule has 0 aliphatic rings. The van der Waals surface area contributed by atoms with Crippen molar-refractivity contribution >= 4 is 11.6 Å². The zero-order chi connectivity index (χ0) is 11.5. The maximum Gasteiger partial charge on any atom is 0.253 e. The van der Waals surface area contributed by atoms with Gasteiger partial charge in [0.25, 0.3) is 5.56 Å². The average molecular weight is 239 g/mol. The van der Waals surface area contributed by atoms with E-state index in [0.717, 1.165) is 0 Å². The lowest BCUT2D eigenvalue weighted by Gasteiger charge is -2.06. The molecule has 0 saturated heterocycles. The van der Waals surface area contributed by atoms with Crippen LogP contribution in [0.5, 0.6) is 0 Å². The Morgan fingerprint density at radius 1 is 1.38 bits per heavy atom.